The lowest BCUT2D eigenvalue weighted by atomic mass is 10.1. The van der Waals surface area contributed by atoms with Crippen LogP contribution in [-0.2, 0) is 4.79 Å². The van der Waals surface area contributed by atoms with E-state index in [0.717, 1.165) is 5.56 Å². The van der Waals surface area contributed by atoms with Crippen LogP contribution >= 0.6 is 0 Å². The van der Waals surface area contributed by atoms with Gasteiger partial charge in [-0.05, 0) is 30.7 Å². The molecule has 2 rings (SSSR count). The van der Waals surface area contributed by atoms with Gasteiger partial charge >= 0.3 is 0 Å². The van der Waals surface area contributed by atoms with E-state index in [4.69, 9.17) is 9.47 Å². The minimum absolute atomic E-state index is 0.174. The highest BCUT2D eigenvalue weighted by atomic mass is 16.5. The molecule has 4 heteroatoms. The molecule has 0 radical (unpaired) electrons. The van der Waals surface area contributed by atoms with Crippen LogP contribution < -0.4 is 14.8 Å². The minimum Gasteiger partial charge on any atom is -0.497 e. The molecule has 114 valence electrons. The van der Waals surface area contributed by atoms with E-state index in [9.17, 15) is 4.79 Å². The number of rotatable bonds is 5. The molecule has 0 bridgehead atoms. The largest absolute Gasteiger partial charge is 0.497 e. The van der Waals surface area contributed by atoms with Gasteiger partial charge in [0.15, 0.2) is 0 Å². The number of hydrogen-bond acceptors (Lipinski definition) is 3. The first-order valence-electron chi connectivity index (χ1n) is 6.90. The molecule has 0 aliphatic rings. The second-order valence-electron chi connectivity index (χ2n) is 4.76. The Morgan fingerprint density at radius 2 is 1.77 bits per heavy atom. The maximum absolute atomic E-state index is 12.3. The van der Waals surface area contributed by atoms with Crippen molar-refractivity contribution in [3.63, 3.8) is 0 Å². The van der Waals surface area contributed by atoms with E-state index < -0.39 is 0 Å². The molecule has 2 aromatic rings. The van der Waals surface area contributed by atoms with Gasteiger partial charge in [0.25, 0.3) is 5.91 Å². The Balaban J connectivity index is 2.16. The molecule has 1 amide bonds. The number of nitrogens with one attached hydrogen (secondary N) is 1. The predicted molar refractivity (Wildman–Crippen MR) is 88.3 cm³/mol. The molecule has 0 spiro atoms. The highest BCUT2D eigenvalue weighted by Gasteiger charge is 2.10. The average molecular weight is 297 g/mol. The zero-order valence-corrected chi connectivity index (χ0v) is 12.9. The number of methoxy groups -OCH3 is 2. The number of anilines is 1. The SMILES string of the molecule is COc1ccc(NC(=O)C(C)=Cc2ccccc2)c(OC)c1. The lowest BCUT2D eigenvalue weighted by molar-refractivity contribution is -0.112. The van der Waals surface area contributed by atoms with Crippen molar-refractivity contribution >= 4 is 17.7 Å². The summed E-state index contributed by atoms with van der Waals surface area (Å²) in [5, 5.41) is 2.84. The van der Waals surface area contributed by atoms with Crippen LogP contribution in [0.3, 0.4) is 0 Å². The zero-order chi connectivity index (χ0) is 15.9. The van der Waals surface area contributed by atoms with Crippen LogP contribution in [0.4, 0.5) is 5.69 Å². The van der Waals surface area contributed by atoms with E-state index >= 15 is 0 Å². The predicted octanol–water partition coefficient (Wildman–Crippen LogP) is 3.75. The van der Waals surface area contributed by atoms with Gasteiger partial charge in [0, 0.05) is 11.6 Å². The van der Waals surface area contributed by atoms with E-state index in [1.165, 1.54) is 0 Å². The first-order chi connectivity index (χ1) is 10.6. The van der Waals surface area contributed by atoms with Crippen LogP contribution in [0.1, 0.15) is 12.5 Å². The minimum atomic E-state index is -0.174. The Morgan fingerprint density at radius 3 is 2.41 bits per heavy atom. The van der Waals surface area contributed by atoms with E-state index in [0.29, 0.717) is 22.8 Å². The second-order valence-corrected chi connectivity index (χ2v) is 4.76. The van der Waals surface area contributed by atoms with E-state index in [-0.39, 0.29) is 5.91 Å². The first kappa shape index (κ1) is 15.6. The van der Waals surface area contributed by atoms with Crippen molar-refractivity contribution in [3.8, 4) is 11.5 Å². The average Bonchev–Trinajstić information content (AvgIpc) is 2.56. The Bertz CT molecular complexity index is 678. The van der Waals surface area contributed by atoms with Gasteiger partial charge < -0.3 is 14.8 Å². The van der Waals surface area contributed by atoms with Crippen molar-refractivity contribution in [2.75, 3.05) is 19.5 Å². The summed E-state index contributed by atoms with van der Waals surface area (Å²) in [4.78, 5) is 12.3. The van der Waals surface area contributed by atoms with Crippen LogP contribution in [0.2, 0.25) is 0 Å². The highest BCUT2D eigenvalue weighted by molar-refractivity contribution is 6.06. The summed E-state index contributed by atoms with van der Waals surface area (Å²) >= 11 is 0. The fourth-order valence-corrected chi connectivity index (χ4v) is 1.99. The lowest BCUT2D eigenvalue weighted by Crippen LogP contribution is -2.13. The van der Waals surface area contributed by atoms with Crippen LogP contribution in [0, 0.1) is 0 Å². The molecule has 0 unspecified atom stereocenters. The zero-order valence-electron chi connectivity index (χ0n) is 12.9. The topological polar surface area (TPSA) is 47.6 Å². The van der Waals surface area contributed by atoms with Crippen molar-refractivity contribution < 1.29 is 14.3 Å². The van der Waals surface area contributed by atoms with Gasteiger partial charge in [-0.2, -0.15) is 0 Å². The van der Waals surface area contributed by atoms with E-state index in [2.05, 4.69) is 5.32 Å². The molecule has 0 heterocycles. The summed E-state index contributed by atoms with van der Waals surface area (Å²) in [7, 11) is 3.14. The molecule has 0 saturated heterocycles. The second kappa shape index (κ2) is 7.31. The van der Waals surface area contributed by atoms with Crippen LogP contribution in [0.15, 0.2) is 54.1 Å². The van der Waals surface area contributed by atoms with Crippen molar-refractivity contribution in [1.82, 2.24) is 0 Å². The monoisotopic (exact) mass is 297 g/mol. The molecular formula is C18H19NO3. The van der Waals surface area contributed by atoms with Gasteiger partial charge in [0.2, 0.25) is 0 Å². The standard InChI is InChI=1S/C18H19NO3/c1-13(11-14-7-5-4-6-8-14)18(20)19-16-10-9-15(21-2)12-17(16)22-3/h4-12H,1-3H3,(H,19,20). The number of hydrogen-bond donors (Lipinski definition) is 1. The van der Waals surface area contributed by atoms with Gasteiger partial charge in [0.1, 0.15) is 11.5 Å². The molecule has 4 nitrogen and oxygen atoms in total. The Kier molecular flexibility index (Phi) is 5.20. The first-order valence-corrected chi connectivity index (χ1v) is 6.90. The smallest absolute Gasteiger partial charge is 0.251 e. The number of ether oxygens (including phenoxy) is 2. The third kappa shape index (κ3) is 3.88. The summed E-state index contributed by atoms with van der Waals surface area (Å²) in [5.41, 5.74) is 2.20. The van der Waals surface area contributed by atoms with E-state index in [1.54, 1.807) is 39.3 Å². The molecule has 2 aromatic carbocycles. The van der Waals surface area contributed by atoms with Crippen LogP contribution in [0.5, 0.6) is 11.5 Å². The van der Waals surface area contributed by atoms with Crippen LogP contribution in [0.25, 0.3) is 6.08 Å². The Hall–Kier alpha value is -2.75. The molecule has 1 N–H and O–H groups in total. The van der Waals surface area contributed by atoms with Gasteiger partial charge in [-0.3, -0.25) is 4.79 Å². The molecule has 0 aromatic heterocycles. The quantitative estimate of drug-likeness (QED) is 0.855. The van der Waals surface area contributed by atoms with Gasteiger partial charge in [-0.15, -0.1) is 0 Å². The molecule has 22 heavy (non-hydrogen) atoms. The summed E-state index contributed by atoms with van der Waals surface area (Å²) in [6, 6.07) is 15.0. The third-order valence-corrected chi connectivity index (χ3v) is 3.20. The molecule has 0 aliphatic carbocycles. The van der Waals surface area contributed by atoms with Crippen molar-refractivity contribution in [2.24, 2.45) is 0 Å². The van der Waals surface area contributed by atoms with E-state index in [1.807, 2.05) is 36.4 Å². The maximum Gasteiger partial charge on any atom is 0.251 e. The van der Waals surface area contributed by atoms with Gasteiger partial charge in [0.05, 0.1) is 19.9 Å². The highest BCUT2D eigenvalue weighted by Crippen LogP contribution is 2.29. The summed E-state index contributed by atoms with van der Waals surface area (Å²) in [5.74, 6) is 1.05. The number of carbonyl (C=O) groups is 1. The number of amides is 1. The fourth-order valence-electron chi connectivity index (χ4n) is 1.99. The lowest BCUT2D eigenvalue weighted by Gasteiger charge is -2.11. The summed E-state index contributed by atoms with van der Waals surface area (Å²) < 4.78 is 10.4. The molecule has 0 atom stereocenters. The van der Waals surface area contributed by atoms with Gasteiger partial charge in [-0.25, -0.2) is 0 Å². The van der Waals surface area contributed by atoms with Gasteiger partial charge in [-0.1, -0.05) is 30.3 Å². The third-order valence-electron chi connectivity index (χ3n) is 3.20. The van der Waals surface area contributed by atoms with Crippen molar-refractivity contribution in [2.45, 2.75) is 6.92 Å². The Labute approximate surface area is 130 Å². The fraction of sp³-hybridized carbons (Fsp3) is 0.167. The van der Waals surface area contributed by atoms with Crippen LogP contribution in [-0.4, -0.2) is 20.1 Å². The van der Waals surface area contributed by atoms with Crippen molar-refractivity contribution in [3.05, 3.63) is 59.7 Å². The van der Waals surface area contributed by atoms with Crippen molar-refractivity contribution in [1.29, 1.82) is 0 Å². The molecule has 0 aliphatic heterocycles. The Morgan fingerprint density at radius 1 is 1.05 bits per heavy atom. The number of carbonyl (C=O) groups excluding carboxylic acids is 1. The normalized spacial score (nSPS) is 11.0. The molecular weight excluding hydrogens is 278 g/mol. The summed E-state index contributed by atoms with van der Waals surface area (Å²) in [6.45, 7) is 1.78. The maximum atomic E-state index is 12.3. The molecule has 0 fully saturated rings. The number of benzene rings is 2. The summed E-state index contributed by atoms with van der Waals surface area (Å²) in [6.07, 6.45) is 1.84. The molecule has 0 saturated carbocycles.